The summed E-state index contributed by atoms with van der Waals surface area (Å²) >= 11 is 0. The molecule has 2 aromatic rings. The Morgan fingerprint density at radius 1 is 1.04 bits per heavy atom. The minimum atomic E-state index is -4.48. The monoisotopic (exact) mass is 381 g/mol. The van der Waals surface area contributed by atoms with E-state index in [1.54, 1.807) is 24.3 Å². The summed E-state index contributed by atoms with van der Waals surface area (Å²) < 4.78 is 48.0. The van der Waals surface area contributed by atoms with Crippen molar-refractivity contribution in [2.24, 2.45) is 0 Å². The van der Waals surface area contributed by atoms with Crippen molar-refractivity contribution in [2.75, 3.05) is 13.2 Å². The Morgan fingerprint density at radius 3 is 2.33 bits per heavy atom. The molecule has 2 rings (SSSR count). The molecule has 0 radical (unpaired) electrons. The fourth-order valence-electron chi connectivity index (χ4n) is 2.19. The number of para-hydroxylation sites is 1. The first kappa shape index (κ1) is 20.3. The van der Waals surface area contributed by atoms with Crippen molar-refractivity contribution in [3.63, 3.8) is 0 Å². The summed E-state index contributed by atoms with van der Waals surface area (Å²) in [5.74, 6) is -0.751. The highest BCUT2D eigenvalue weighted by atomic mass is 19.4. The van der Waals surface area contributed by atoms with Gasteiger partial charge in [0.25, 0.3) is 5.91 Å². The summed E-state index contributed by atoms with van der Waals surface area (Å²) in [7, 11) is 0. The fourth-order valence-corrected chi connectivity index (χ4v) is 2.19. The number of carbonyl (C=O) groups is 2. The molecule has 0 aliphatic heterocycles. The first-order valence-corrected chi connectivity index (χ1v) is 8.13. The molecule has 0 saturated heterocycles. The first-order valence-electron chi connectivity index (χ1n) is 8.13. The summed E-state index contributed by atoms with van der Waals surface area (Å²) in [4.78, 5) is 23.7. The van der Waals surface area contributed by atoms with Gasteiger partial charge in [-0.2, -0.15) is 13.2 Å². The highest BCUT2D eigenvalue weighted by molar-refractivity contribution is 5.95. The van der Waals surface area contributed by atoms with Crippen LogP contribution in [0.15, 0.2) is 48.5 Å². The molecule has 0 unspecified atom stereocenters. The molecule has 2 aromatic carbocycles. The molecular weight excluding hydrogens is 363 g/mol. The Hall–Kier alpha value is -3.03. The smallest absolute Gasteiger partial charge is 0.416 e. The van der Waals surface area contributed by atoms with Crippen LogP contribution >= 0.6 is 0 Å². The maximum absolute atomic E-state index is 12.5. The molecule has 0 saturated carbocycles. The Balaban J connectivity index is 1.84. The number of hydrogen-bond donors (Lipinski definition) is 1. The molecule has 0 aliphatic carbocycles. The molecule has 0 atom stereocenters. The van der Waals surface area contributed by atoms with Crippen LogP contribution in [0.2, 0.25) is 0 Å². The lowest BCUT2D eigenvalue weighted by Crippen LogP contribution is -2.30. The molecule has 5 nitrogen and oxygen atoms in total. The van der Waals surface area contributed by atoms with E-state index in [9.17, 15) is 22.8 Å². The molecule has 0 spiro atoms. The van der Waals surface area contributed by atoms with E-state index in [4.69, 9.17) is 9.47 Å². The van der Waals surface area contributed by atoms with E-state index in [0.29, 0.717) is 17.9 Å². The molecule has 144 valence electrons. The predicted octanol–water partition coefficient (Wildman–Crippen LogP) is 3.58. The summed E-state index contributed by atoms with van der Waals surface area (Å²) in [6.45, 7) is 1.87. The molecule has 1 N–H and O–H groups in total. The lowest BCUT2D eigenvalue weighted by atomic mass is 10.1. The highest BCUT2D eigenvalue weighted by Gasteiger charge is 2.30. The number of hydrogen-bond acceptors (Lipinski definition) is 4. The SMILES string of the molecule is CCOc1ccccc1COC(=O)CNC(=O)c1ccc(C(F)(F)F)cc1. The van der Waals surface area contributed by atoms with Crippen molar-refractivity contribution in [1.82, 2.24) is 5.32 Å². The fraction of sp³-hybridized carbons (Fsp3) is 0.263. The van der Waals surface area contributed by atoms with Crippen molar-refractivity contribution < 1.29 is 32.2 Å². The lowest BCUT2D eigenvalue weighted by molar-refractivity contribution is -0.143. The van der Waals surface area contributed by atoms with Gasteiger partial charge in [0.15, 0.2) is 0 Å². The number of benzene rings is 2. The van der Waals surface area contributed by atoms with E-state index in [0.717, 1.165) is 24.3 Å². The van der Waals surface area contributed by atoms with Crippen LogP contribution in [0.3, 0.4) is 0 Å². The standard InChI is InChI=1S/C19H18F3NO4/c1-2-26-16-6-4-3-5-14(16)12-27-17(24)11-23-18(25)13-7-9-15(10-8-13)19(20,21)22/h3-10H,2,11-12H2,1H3,(H,23,25). The maximum atomic E-state index is 12.5. The van der Waals surface area contributed by atoms with Crippen molar-refractivity contribution in [3.05, 3.63) is 65.2 Å². The van der Waals surface area contributed by atoms with Crippen molar-refractivity contribution in [2.45, 2.75) is 19.7 Å². The summed E-state index contributed by atoms with van der Waals surface area (Å²) in [6, 6.07) is 10.8. The summed E-state index contributed by atoms with van der Waals surface area (Å²) in [5.41, 5.74) is -0.161. The third-order valence-electron chi connectivity index (χ3n) is 3.53. The van der Waals surface area contributed by atoms with Crippen LogP contribution in [0.5, 0.6) is 5.75 Å². The second kappa shape index (κ2) is 9.07. The Bertz CT molecular complexity index is 788. The minimum absolute atomic E-state index is 0.0116. The third kappa shape index (κ3) is 6.02. The normalized spacial score (nSPS) is 11.0. The quantitative estimate of drug-likeness (QED) is 0.745. The van der Waals surface area contributed by atoms with E-state index >= 15 is 0 Å². The summed E-state index contributed by atoms with van der Waals surface area (Å²) in [5, 5.41) is 2.31. The largest absolute Gasteiger partial charge is 0.493 e. The van der Waals surface area contributed by atoms with Crippen LogP contribution < -0.4 is 10.1 Å². The van der Waals surface area contributed by atoms with E-state index in [-0.39, 0.29) is 12.2 Å². The van der Waals surface area contributed by atoms with Gasteiger partial charge in [0.1, 0.15) is 18.9 Å². The number of alkyl halides is 3. The van der Waals surface area contributed by atoms with Crippen LogP contribution in [0.25, 0.3) is 0 Å². The van der Waals surface area contributed by atoms with E-state index in [1.165, 1.54) is 0 Å². The summed E-state index contributed by atoms with van der Waals surface area (Å²) in [6.07, 6.45) is -4.48. The van der Waals surface area contributed by atoms with Gasteiger partial charge < -0.3 is 14.8 Å². The van der Waals surface area contributed by atoms with Crippen molar-refractivity contribution >= 4 is 11.9 Å². The lowest BCUT2D eigenvalue weighted by Gasteiger charge is -2.11. The van der Waals surface area contributed by atoms with Crippen LogP contribution in [0.4, 0.5) is 13.2 Å². The zero-order valence-corrected chi connectivity index (χ0v) is 14.5. The third-order valence-corrected chi connectivity index (χ3v) is 3.53. The number of rotatable bonds is 7. The van der Waals surface area contributed by atoms with Gasteiger partial charge in [-0.25, -0.2) is 0 Å². The van der Waals surface area contributed by atoms with Gasteiger partial charge in [-0.05, 0) is 37.3 Å². The van der Waals surface area contributed by atoms with Crippen molar-refractivity contribution in [3.8, 4) is 5.75 Å². The Morgan fingerprint density at radius 2 is 1.70 bits per heavy atom. The first-order chi connectivity index (χ1) is 12.8. The molecule has 0 aliphatic rings. The number of amides is 1. The zero-order chi connectivity index (χ0) is 19.9. The van der Waals surface area contributed by atoms with E-state index in [2.05, 4.69) is 5.32 Å². The number of ether oxygens (including phenoxy) is 2. The second-order valence-electron chi connectivity index (χ2n) is 5.46. The van der Waals surface area contributed by atoms with Crippen LogP contribution in [-0.4, -0.2) is 25.0 Å². The molecule has 27 heavy (non-hydrogen) atoms. The Labute approximate surface area is 154 Å². The molecule has 0 aromatic heterocycles. The predicted molar refractivity (Wildman–Crippen MR) is 91.2 cm³/mol. The number of halogens is 3. The van der Waals surface area contributed by atoms with Gasteiger partial charge in [0.2, 0.25) is 0 Å². The van der Waals surface area contributed by atoms with Gasteiger partial charge in [0.05, 0.1) is 12.2 Å². The van der Waals surface area contributed by atoms with Gasteiger partial charge in [-0.15, -0.1) is 0 Å². The van der Waals surface area contributed by atoms with Crippen LogP contribution in [0, 0.1) is 0 Å². The topological polar surface area (TPSA) is 64.6 Å². The second-order valence-corrected chi connectivity index (χ2v) is 5.46. The Kier molecular flexibility index (Phi) is 6.81. The van der Waals surface area contributed by atoms with Crippen molar-refractivity contribution in [1.29, 1.82) is 0 Å². The van der Waals surface area contributed by atoms with Gasteiger partial charge in [0, 0.05) is 11.1 Å². The molecular formula is C19H18F3NO4. The molecule has 8 heteroatoms. The number of esters is 1. The van der Waals surface area contributed by atoms with Gasteiger partial charge >= 0.3 is 12.1 Å². The number of carbonyl (C=O) groups excluding carboxylic acids is 2. The minimum Gasteiger partial charge on any atom is -0.493 e. The average molecular weight is 381 g/mol. The molecule has 1 amide bonds. The van der Waals surface area contributed by atoms with E-state index < -0.39 is 30.2 Å². The van der Waals surface area contributed by atoms with Gasteiger partial charge in [-0.3, -0.25) is 9.59 Å². The molecule has 0 heterocycles. The van der Waals surface area contributed by atoms with Crippen LogP contribution in [-0.2, 0) is 22.3 Å². The maximum Gasteiger partial charge on any atom is 0.416 e. The zero-order valence-electron chi connectivity index (χ0n) is 14.5. The highest BCUT2D eigenvalue weighted by Crippen LogP contribution is 2.29. The van der Waals surface area contributed by atoms with Crippen LogP contribution in [0.1, 0.15) is 28.4 Å². The van der Waals surface area contributed by atoms with E-state index in [1.807, 2.05) is 6.92 Å². The average Bonchev–Trinajstić information content (AvgIpc) is 2.65. The number of nitrogens with one attached hydrogen (secondary N) is 1. The molecule has 0 fully saturated rings. The van der Waals surface area contributed by atoms with Gasteiger partial charge in [-0.1, -0.05) is 18.2 Å². The molecule has 0 bridgehead atoms.